The van der Waals surface area contributed by atoms with Gasteiger partial charge in [0.25, 0.3) is 0 Å². The first-order valence-electron chi connectivity index (χ1n) is 6.08. The first-order valence-corrected chi connectivity index (χ1v) is 6.08. The summed E-state index contributed by atoms with van der Waals surface area (Å²) in [4.78, 5) is 2.58. The van der Waals surface area contributed by atoms with Crippen molar-refractivity contribution in [1.82, 2.24) is 4.90 Å². The van der Waals surface area contributed by atoms with Crippen LogP contribution in [0.3, 0.4) is 0 Å². The molecule has 0 bridgehead atoms. The lowest BCUT2D eigenvalue weighted by atomic mass is 10.0. The largest absolute Gasteiger partial charge is 0.379 e. The van der Waals surface area contributed by atoms with Crippen LogP contribution in [0.5, 0.6) is 0 Å². The second kappa shape index (κ2) is 5.83. The van der Waals surface area contributed by atoms with Crippen molar-refractivity contribution in [3.05, 3.63) is 0 Å². The standard InChI is InChI=1S/C12H26N2O/c1-12(2,15-3)7-10-14(9-4-8-13)11-5-6-11/h11H,4-10,13H2,1-3H3. The molecular weight excluding hydrogens is 188 g/mol. The molecular formula is C12H26N2O. The molecule has 1 aliphatic rings. The third kappa shape index (κ3) is 4.96. The third-order valence-corrected chi connectivity index (χ3v) is 3.27. The van der Waals surface area contributed by atoms with Crippen LogP contribution in [-0.4, -0.2) is 43.3 Å². The molecule has 1 aliphatic carbocycles. The van der Waals surface area contributed by atoms with E-state index in [2.05, 4.69) is 18.7 Å². The molecule has 0 unspecified atom stereocenters. The van der Waals surface area contributed by atoms with Crippen molar-refractivity contribution in [3.63, 3.8) is 0 Å². The maximum absolute atomic E-state index is 5.55. The summed E-state index contributed by atoms with van der Waals surface area (Å²) >= 11 is 0. The number of hydrogen-bond donors (Lipinski definition) is 1. The summed E-state index contributed by atoms with van der Waals surface area (Å²) in [5.74, 6) is 0. The molecule has 0 aromatic rings. The number of methoxy groups -OCH3 is 1. The van der Waals surface area contributed by atoms with Gasteiger partial charge < -0.3 is 15.4 Å². The van der Waals surface area contributed by atoms with Crippen LogP contribution in [-0.2, 0) is 4.74 Å². The lowest BCUT2D eigenvalue weighted by Gasteiger charge is -2.28. The zero-order valence-corrected chi connectivity index (χ0v) is 10.5. The van der Waals surface area contributed by atoms with Crippen LogP contribution in [0.1, 0.15) is 39.5 Å². The van der Waals surface area contributed by atoms with Gasteiger partial charge in [-0.15, -0.1) is 0 Å². The molecule has 1 saturated carbocycles. The van der Waals surface area contributed by atoms with Crippen LogP contribution in [0, 0.1) is 0 Å². The Hall–Kier alpha value is -0.120. The molecule has 0 saturated heterocycles. The molecule has 0 heterocycles. The van der Waals surface area contributed by atoms with Crippen molar-refractivity contribution in [2.75, 3.05) is 26.7 Å². The zero-order valence-electron chi connectivity index (χ0n) is 10.5. The van der Waals surface area contributed by atoms with E-state index < -0.39 is 0 Å². The van der Waals surface area contributed by atoms with Crippen LogP contribution >= 0.6 is 0 Å². The SMILES string of the molecule is COC(C)(C)CCN(CCCN)C1CC1. The average molecular weight is 214 g/mol. The van der Waals surface area contributed by atoms with E-state index in [4.69, 9.17) is 10.5 Å². The Kier molecular flexibility index (Phi) is 5.03. The molecule has 90 valence electrons. The van der Waals surface area contributed by atoms with E-state index >= 15 is 0 Å². The summed E-state index contributed by atoms with van der Waals surface area (Å²) in [6.45, 7) is 7.41. The summed E-state index contributed by atoms with van der Waals surface area (Å²) in [7, 11) is 1.79. The Morgan fingerprint density at radius 2 is 2.00 bits per heavy atom. The molecule has 1 fully saturated rings. The Bertz CT molecular complexity index is 178. The highest BCUT2D eigenvalue weighted by molar-refractivity contribution is 4.85. The molecule has 0 spiro atoms. The molecule has 1 rings (SSSR count). The summed E-state index contributed by atoms with van der Waals surface area (Å²) < 4.78 is 5.44. The summed E-state index contributed by atoms with van der Waals surface area (Å²) in [5.41, 5.74) is 5.56. The molecule has 0 aromatic carbocycles. The number of nitrogens with zero attached hydrogens (tertiary/aromatic N) is 1. The molecule has 15 heavy (non-hydrogen) atoms. The van der Waals surface area contributed by atoms with E-state index in [1.807, 2.05) is 0 Å². The van der Waals surface area contributed by atoms with Crippen molar-refractivity contribution in [3.8, 4) is 0 Å². The van der Waals surface area contributed by atoms with Crippen molar-refractivity contribution >= 4 is 0 Å². The zero-order chi connectivity index (χ0) is 11.3. The van der Waals surface area contributed by atoms with Crippen molar-refractivity contribution in [2.45, 2.75) is 51.2 Å². The maximum Gasteiger partial charge on any atom is 0.0634 e. The van der Waals surface area contributed by atoms with Gasteiger partial charge in [0.1, 0.15) is 0 Å². The fourth-order valence-electron chi connectivity index (χ4n) is 1.73. The number of rotatable bonds is 8. The van der Waals surface area contributed by atoms with Gasteiger partial charge in [0.05, 0.1) is 5.60 Å². The summed E-state index contributed by atoms with van der Waals surface area (Å²) in [6.07, 6.45) is 4.96. The van der Waals surface area contributed by atoms with E-state index in [9.17, 15) is 0 Å². The van der Waals surface area contributed by atoms with Crippen LogP contribution < -0.4 is 5.73 Å². The van der Waals surface area contributed by atoms with Gasteiger partial charge >= 0.3 is 0 Å². The fourth-order valence-corrected chi connectivity index (χ4v) is 1.73. The van der Waals surface area contributed by atoms with E-state index in [1.165, 1.54) is 12.8 Å². The van der Waals surface area contributed by atoms with E-state index in [0.29, 0.717) is 0 Å². The molecule has 0 aromatic heterocycles. The molecule has 0 atom stereocenters. The average Bonchev–Trinajstić information content (AvgIpc) is 3.02. The Morgan fingerprint density at radius 3 is 2.47 bits per heavy atom. The molecule has 3 nitrogen and oxygen atoms in total. The second-order valence-electron chi connectivity index (χ2n) is 5.12. The molecule has 0 radical (unpaired) electrons. The molecule has 0 amide bonds. The minimum absolute atomic E-state index is 0.00978. The Labute approximate surface area is 94.0 Å². The second-order valence-corrected chi connectivity index (χ2v) is 5.12. The molecule has 3 heteroatoms. The Morgan fingerprint density at radius 1 is 1.33 bits per heavy atom. The van der Waals surface area contributed by atoms with Gasteiger partial charge in [0.2, 0.25) is 0 Å². The normalized spacial score (nSPS) is 17.4. The minimum Gasteiger partial charge on any atom is -0.379 e. The highest BCUT2D eigenvalue weighted by Crippen LogP contribution is 2.28. The predicted octanol–water partition coefficient (Wildman–Crippen LogP) is 1.61. The smallest absolute Gasteiger partial charge is 0.0634 e. The highest BCUT2D eigenvalue weighted by Gasteiger charge is 2.29. The number of nitrogens with two attached hydrogens (primary N) is 1. The summed E-state index contributed by atoms with van der Waals surface area (Å²) in [6, 6.07) is 0.837. The quantitative estimate of drug-likeness (QED) is 0.667. The van der Waals surface area contributed by atoms with Crippen molar-refractivity contribution < 1.29 is 4.74 Å². The first kappa shape index (κ1) is 12.9. The van der Waals surface area contributed by atoms with E-state index in [1.54, 1.807) is 7.11 Å². The van der Waals surface area contributed by atoms with E-state index in [-0.39, 0.29) is 5.60 Å². The monoisotopic (exact) mass is 214 g/mol. The van der Waals surface area contributed by atoms with Gasteiger partial charge in [-0.25, -0.2) is 0 Å². The minimum atomic E-state index is 0.00978. The van der Waals surface area contributed by atoms with Gasteiger partial charge in [0, 0.05) is 19.7 Å². The third-order valence-electron chi connectivity index (χ3n) is 3.27. The van der Waals surface area contributed by atoms with Gasteiger partial charge in [-0.3, -0.25) is 0 Å². The van der Waals surface area contributed by atoms with Crippen LogP contribution in [0.2, 0.25) is 0 Å². The van der Waals surface area contributed by atoms with Crippen LogP contribution in [0.25, 0.3) is 0 Å². The molecule has 2 N–H and O–H groups in total. The number of hydrogen-bond acceptors (Lipinski definition) is 3. The van der Waals surface area contributed by atoms with Crippen LogP contribution in [0.4, 0.5) is 0 Å². The predicted molar refractivity (Wildman–Crippen MR) is 64.0 cm³/mol. The summed E-state index contributed by atoms with van der Waals surface area (Å²) in [5, 5.41) is 0. The number of ether oxygens (including phenoxy) is 1. The fraction of sp³-hybridized carbons (Fsp3) is 1.00. The topological polar surface area (TPSA) is 38.5 Å². The maximum atomic E-state index is 5.55. The molecule has 0 aliphatic heterocycles. The Balaban J connectivity index is 2.25. The van der Waals surface area contributed by atoms with Gasteiger partial charge in [-0.2, -0.15) is 0 Å². The van der Waals surface area contributed by atoms with Crippen LogP contribution in [0.15, 0.2) is 0 Å². The van der Waals surface area contributed by atoms with E-state index in [0.717, 1.165) is 38.5 Å². The lowest BCUT2D eigenvalue weighted by Crippen LogP contribution is -2.35. The van der Waals surface area contributed by atoms with Gasteiger partial charge in [-0.05, 0) is 52.6 Å². The lowest BCUT2D eigenvalue weighted by molar-refractivity contribution is 0.00675. The van der Waals surface area contributed by atoms with Gasteiger partial charge in [-0.1, -0.05) is 0 Å². The van der Waals surface area contributed by atoms with Crippen molar-refractivity contribution in [1.29, 1.82) is 0 Å². The highest BCUT2D eigenvalue weighted by atomic mass is 16.5. The van der Waals surface area contributed by atoms with Gasteiger partial charge in [0.15, 0.2) is 0 Å². The van der Waals surface area contributed by atoms with Crippen molar-refractivity contribution in [2.24, 2.45) is 5.73 Å². The first-order chi connectivity index (χ1) is 7.09.